The van der Waals surface area contributed by atoms with Gasteiger partial charge in [0, 0.05) is 11.4 Å². The van der Waals surface area contributed by atoms with Gasteiger partial charge in [-0.2, -0.15) is 0 Å². The smallest absolute Gasteiger partial charge is 0.246 e. The average molecular weight is 300 g/mol. The van der Waals surface area contributed by atoms with Gasteiger partial charge < -0.3 is 16.4 Å². The molecule has 0 aliphatic carbocycles. The number of anilines is 2. The Morgan fingerprint density at radius 1 is 1.05 bits per heavy atom. The molecule has 4 N–H and O–H groups in total. The molecule has 0 unspecified atom stereocenters. The quantitative estimate of drug-likeness (QED) is 0.599. The number of hydrogen-bond donors (Lipinski definition) is 3. The fourth-order valence-electron chi connectivity index (χ4n) is 1.72. The lowest BCUT2D eigenvalue weighted by Crippen LogP contribution is -2.25. The summed E-state index contributed by atoms with van der Waals surface area (Å²) in [6, 6.07) is 13.1. The Morgan fingerprint density at radius 3 is 2.23 bits per heavy atom. The van der Waals surface area contributed by atoms with E-state index in [0.717, 1.165) is 11.3 Å². The van der Waals surface area contributed by atoms with Crippen molar-refractivity contribution >= 4 is 23.2 Å². The molecule has 0 radical (unpaired) electrons. The molecule has 1 amide bonds. The van der Waals surface area contributed by atoms with Crippen LogP contribution in [0.1, 0.15) is 5.56 Å². The van der Waals surface area contributed by atoms with Gasteiger partial charge in [-0.25, -0.2) is 9.38 Å². The van der Waals surface area contributed by atoms with Gasteiger partial charge in [0.15, 0.2) is 5.96 Å². The van der Waals surface area contributed by atoms with E-state index in [1.807, 2.05) is 31.2 Å². The van der Waals surface area contributed by atoms with E-state index < -0.39 is 0 Å². The van der Waals surface area contributed by atoms with Crippen LogP contribution in [0.4, 0.5) is 15.8 Å². The molecule has 0 fully saturated rings. The first-order valence-corrected chi connectivity index (χ1v) is 6.72. The van der Waals surface area contributed by atoms with Gasteiger partial charge in [0.1, 0.15) is 12.4 Å². The molecule has 0 aliphatic rings. The lowest BCUT2D eigenvalue weighted by Gasteiger charge is -2.06. The van der Waals surface area contributed by atoms with Gasteiger partial charge in [0.25, 0.3) is 0 Å². The zero-order chi connectivity index (χ0) is 15.9. The molecule has 0 aliphatic heterocycles. The maximum absolute atomic E-state index is 12.8. The molecule has 0 bridgehead atoms. The van der Waals surface area contributed by atoms with Gasteiger partial charge in [0.2, 0.25) is 5.91 Å². The van der Waals surface area contributed by atoms with Gasteiger partial charge >= 0.3 is 0 Å². The predicted octanol–water partition coefficient (Wildman–Crippen LogP) is 2.50. The number of aliphatic imine (C=N–C) groups is 1. The average Bonchev–Trinajstić information content (AvgIpc) is 2.50. The molecule has 0 spiro atoms. The molecule has 2 rings (SSSR count). The van der Waals surface area contributed by atoms with Crippen molar-refractivity contribution in [3.63, 3.8) is 0 Å². The number of guanidine groups is 1. The number of aryl methyl sites for hydroxylation is 1. The highest BCUT2D eigenvalue weighted by Crippen LogP contribution is 2.09. The third-order valence-electron chi connectivity index (χ3n) is 2.84. The van der Waals surface area contributed by atoms with Crippen LogP contribution in [0.5, 0.6) is 0 Å². The number of carbonyl (C=O) groups is 1. The monoisotopic (exact) mass is 300 g/mol. The summed E-state index contributed by atoms with van der Waals surface area (Å²) >= 11 is 0. The van der Waals surface area contributed by atoms with E-state index in [1.165, 1.54) is 24.3 Å². The Balaban J connectivity index is 1.85. The number of nitrogens with two attached hydrogens (primary N) is 1. The molecule has 0 aromatic heterocycles. The summed E-state index contributed by atoms with van der Waals surface area (Å²) in [5.74, 6) is -0.541. The van der Waals surface area contributed by atoms with Crippen LogP contribution in [0, 0.1) is 12.7 Å². The second kappa shape index (κ2) is 7.21. The van der Waals surface area contributed by atoms with E-state index in [2.05, 4.69) is 15.6 Å². The highest BCUT2D eigenvalue weighted by molar-refractivity contribution is 5.97. The first kappa shape index (κ1) is 15.5. The highest BCUT2D eigenvalue weighted by Gasteiger charge is 2.02. The molecular weight excluding hydrogens is 283 g/mol. The van der Waals surface area contributed by atoms with Gasteiger partial charge in [-0.05, 0) is 43.3 Å². The van der Waals surface area contributed by atoms with Crippen LogP contribution in [0.25, 0.3) is 0 Å². The van der Waals surface area contributed by atoms with Crippen LogP contribution in [0.2, 0.25) is 0 Å². The van der Waals surface area contributed by atoms with E-state index in [-0.39, 0.29) is 24.2 Å². The normalized spacial score (nSPS) is 11.1. The lowest BCUT2D eigenvalue weighted by atomic mass is 10.2. The minimum Gasteiger partial charge on any atom is -0.370 e. The number of rotatable bonds is 4. The maximum Gasteiger partial charge on any atom is 0.246 e. The first-order valence-electron chi connectivity index (χ1n) is 6.72. The number of halogens is 1. The largest absolute Gasteiger partial charge is 0.370 e. The molecule has 2 aromatic rings. The van der Waals surface area contributed by atoms with E-state index in [4.69, 9.17) is 5.73 Å². The maximum atomic E-state index is 12.8. The van der Waals surface area contributed by atoms with Crippen molar-refractivity contribution in [2.45, 2.75) is 6.92 Å². The van der Waals surface area contributed by atoms with E-state index in [9.17, 15) is 9.18 Å². The summed E-state index contributed by atoms with van der Waals surface area (Å²) < 4.78 is 12.8. The molecule has 0 saturated heterocycles. The summed E-state index contributed by atoms with van der Waals surface area (Å²) in [4.78, 5) is 15.7. The Bertz CT molecular complexity index is 666. The van der Waals surface area contributed by atoms with Crippen molar-refractivity contribution in [3.8, 4) is 0 Å². The Hall–Kier alpha value is -2.89. The Labute approximate surface area is 128 Å². The molecule has 0 atom stereocenters. The minimum atomic E-state index is -0.359. The SMILES string of the molecule is Cc1ccc(NC(N)=NCC(=O)Nc2ccc(F)cc2)cc1. The molecule has 22 heavy (non-hydrogen) atoms. The van der Waals surface area contributed by atoms with E-state index >= 15 is 0 Å². The standard InChI is InChI=1S/C16H17FN4O/c1-11-2-6-14(7-3-11)21-16(18)19-10-15(22)20-13-8-4-12(17)5-9-13/h2-9H,10H2,1H3,(H,20,22)(H3,18,19,21). The molecular formula is C16H17FN4O. The number of amides is 1. The van der Waals surface area contributed by atoms with Crippen LogP contribution >= 0.6 is 0 Å². The molecule has 0 heterocycles. The van der Waals surface area contributed by atoms with E-state index in [1.54, 1.807) is 0 Å². The van der Waals surface area contributed by atoms with Gasteiger partial charge in [-0.1, -0.05) is 17.7 Å². The van der Waals surface area contributed by atoms with Crippen molar-refractivity contribution < 1.29 is 9.18 Å². The fraction of sp³-hybridized carbons (Fsp3) is 0.125. The van der Waals surface area contributed by atoms with Crippen molar-refractivity contribution in [2.24, 2.45) is 10.7 Å². The van der Waals surface area contributed by atoms with Crippen LogP contribution in [-0.2, 0) is 4.79 Å². The van der Waals surface area contributed by atoms with Gasteiger partial charge in [-0.3, -0.25) is 4.79 Å². The molecule has 0 saturated carbocycles. The van der Waals surface area contributed by atoms with Crippen LogP contribution in [0.15, 0.2) is 53.5 Å². The van der Waals surface area contributed by atoms with Gasteiger partial charge in [0.05, 0.1) is 0 Å². The summed E-state index contributed by atoms with van der Waals surface area (Å²) in [5.41, 5.74) is 8.16. The topological polar surface area (TPSA) is 79.5 Å². The Kier molecular flexibility index (Phi) is 5.08. The minimum absolute atomic E-state index is 0.123. The molecule has 114 valence electrons. The van der Waals surface area contributed by atoms with Crippen LogP contribution in [-0.4, -0.2) is 18.4 Å². The van der Waals surface area contributed by atoms with Crippen molar-refractivity contribution in [3.05, 3.63) is 59.9 Å². The summed E-state index contributed by atoms with van der Waals surface area (Å²) in [6.45, 7) is 1.86. The van der Waals surface area contributed by atoms with Crippen molar-refractivity contribution in [1.82, 2.24) is 0 Å². The second-order valence-corrected chi connectivity index (χ2v) is 4.75. The second-order valence-electron chi connectivity index (χ2n) is 4.75. The van der Waals surface area contributed by atoms with Crippen LogP contribution < -0.4 is 16.4 Å². The summed E-state index contributed by atoms with van der Waals surface area (Å²) in [7, 11) is 0. The number of nitrogens with zero attached hydrogens (tertiary/aromatic N) is 1. The number of hydrogen-bond acceptors (Lipinski definition) is 2. The third-order valence-corrected chi connectivity index (χ3v) is 2.84. The van der Waals surface area contributed by atoms with E-state index in [0.29, 0.717) is 5.69 Å². The highest BCUT2D eigenvalue weighted by atomic mass is 19.1. The number of nitrogens with one attached hydrogen (secondary N) is 2. The Morgan fingerprint density at radius 2 is 1.59 bits per heavy atom. The number of benzene rings is 2. The third kappa shape index (κ3) is 4.90. The zero-order valence-corrected chi connectivity index (χ0v) is 12.1. The fourth-order valence-corrected chi connectivity index (χ4v) is 1.72. The molecule has 6 heteroatoms. The zero-order valence-electron chi connectivity index (χ0n) is 12.1. The molecule has 5 nitrogen and oxygen atoms in total. The first-order chi connectivity index (χ1) is 10.5. The van der Waals surface area contributed by atoms with Crippen molar-refractivity contribution in [1.29, 1.82) is 0 Å². The lowest BCUT2D eigenvalue weighted by molar-refractivity contribution is -0.114. The number of carbonyl (C=O) groups excluding carboxylic acids is 1. The predicted molar refractivity (Wildman–Crippen MR) is 86.3 cm³/mol. The summed E-state index contributed by atoms with van der Waals surface area (Å²) in [5, 5.41) is 5.49. The molecule has 2 aromatic carbocycles. The van der Waals surface area contributed by atoms with Crippen LogP contribution in [0.3, 0.4) is 0 Å². The summed E-state index contributed by atoms with van der Waals surface area (Å²) in [6.07, 6.45) is 0. The van der Waals surface area contributed by atoms with Crippen molar-refractivity contribution in [2.75, 3.05) is 17.2 Å². The van der Waals surface area contributed by atoms with Gasteiger partial charge in [-0.15, -0.1) is 0 Å².